The average Bonchev–Trinajstić information content (AvgIpc) is 3.22. The summed E-state index contributed by atoms with van der Waals surface area (Å²) in [4.78, 5) is 24.4. The van der Waals surface area contributed by atoms with Crippen LogP contribution in [0.2, 0.25) is 0 Å². The standard InChI is InChI=1S/C21H32N4O3/c22-15-21(10-2-1-3-11-21)13-19(26)24-16-6-8-17(9-7-16)25-20(27)23-14-18-5-4-12-28-18/h6-9,18H,1-5,10-15,22H2,(H,24,26)(H2,23,25,27). The summed E-state index contributed by atoms with van der Waals surface area (Å²) < 4.78 is 5.49. The molecule has 1 heterocycles. The summed E-state index contributed by atoms with van der Waals surface area (Å²) in [6, 6.07) is 6.89. The maximum atomic E-state index is 12.5. The van der Waals surface area contributed by atoms with Crippen molar-refractivity contribution in [2.45, 2.75) is 57.5 Å². The molecular weight excluding hydrogens is 356 g/mol. The molecular formula is C21H32N4O3. The van der Waals surface area contributed by atoms with Gasteiger partial charge >= 0.3 is 6.03 Å². The molecule has 1 atom stereocenters. The molecule has 7 nitrogen and oxygen atoms in total. The Morgan fingerprint density at radius 1 is 1.04 bits per heavy atom. The largest absolute Gasteiger partial charge is 0.376 e. The van der Waals surface area contributed by atoms with Gasteiger partial charge in [0, 0.05) is 30.9 Å². The molecule has 5 N–H and O–H groups in total. The molecule has 1 saturated heterocycles. The van der Waals surface area contributed by atoms with E-state index in [0.29, 0.717) is 25.2 Å². The lowest BCUT2D eigenvalue weighted by molar-refractivity contribution is -0.118. The lowest BCUT2D eigenvalue weighted by Gasteiger charge is -2.35. The third-order valence-electron chi connectivity index (χ3n) is 5.82. The second kappa shape index (κ2) is 9.89. The number of hydrogen-bond donors (Lipinski definition) is 4. The zero-order valence-corrected chi connectivity index (χ0v) is 16.5. The molecule has 1 aliphatic heterocycles. The van der Waals surface area contributed by atoms with E-state index in [4.69, 9.17) is 10.5 Å². The van der Waals surface area contributed by atoms with Crippen LogP contribution in [-0.2, 0) is 9.53 Å². The summed E-state index contributed by atoms with van der Waals surface area (Å²) in [7, 11) is 0. The Morgan fingerprint density at radius 3 is 2.32 bits per heavy atom. The van der Waals surface area contributed by atoms with Crippen LogP contribution in [0.3, 0.4) is 0 Å². The minimum absolute atomic E-state index is 0.00219. The molecule has 1 aromatic carbocycles. The van der Waals surface area contributed by atoms with Crippen LogP contribution in [0.25, 0.3) is 0 Å². The Balaban J connectivity index is 1.44. The van der Waals surface area contributed by atoms with Crippen molar-refractivity contribution in [1.29, 1.82) is 0 Å². The predicted octanol–water partition coefficient (Wildman–Crippen LogP) is 3.22. The third-order valence-corrected chi connectivity index (χ3v) is 5.82. The molecule has 1 saturated carbocycles. The monoisotopic (exact) mass is 388 g/mol. The first kappa shape index (κ1) is 20.6. The third kappa shape index (κ3) is 5.94. The first-order chi connectivity index (χ1) is 13.6. The number of anilines is 2. The molecule has 28 heavy (non-hydrogen) atoms. The maximum absolute atomic E-state index is 12.5. The van der Waals surface area contributed by atoms with Crippen molar-refractivity contribution < 1.29 is 14.3 Å². The van der Waals surface area contributed by atoms with Gasteiger partial charge in [-0.1, -0.05) is 19.3 Å². The number of amides is 3. The minimum Gasteiger partial charge on any atom is -0.376 e. The Hall–Kier alpha value is -2.12. The van der Waals surface area contributed by atoms with Gasteiger partial charge in [0.2, 0.25) is 5.91 Å². The average molecular weight is 389 g/mol. The van der Waals surface area contributed by atoms with Gasteiger partial charge in [-0.3, -0.25) is 4.79 Å². The van der Waals surface area contributed by atoms with Crippen molar-refractivity contribution in [3.63, 3.8) is 0 Å². The predicted molar refractivity (Wildman–Crippen MR) is 110 cm³/mol. The Bertz CT molecular complexity index is 650. The van der Waals surface area contributed by atoms with Crippen LogP contribution in [0, 0.1) is 5.41 Å². The molecule has 3 amide bonds. The van der Waals surface area contributed by atoms with Crippen molar-refractivity contribution in [3.05, 3.63) is 24.3 Å². The molecule has 1 aromatic rings. The summed E-state index contributed by atoms with van der Waals surface area (Å²) in [6.45, 7) is 1.85. The fraction of sp³-hybridized carbons (Fsp3) is 0.619. The van der Waals surface area contributed by atoms with E-state index < -0.39 is 0 Å². The number of benzene rings is 1. The minimum atomic E-state index is -0.255. The highest BCUT2D eigenvalue weighted by Crippen LogP contribution is 2.38. The van der Waals surface area contributed by atoms with Gasteiger partial charge in [0.05, 0.1) is 6.10 Å². The molecule has 3 rings (SSSR count). The van der Waals surface area contributed by atoms with Crippen LogP contribution in [-0.4, -0.2) is 37.7 Å². The van der Waals surface area contributed by atoms with Gasteiger partial charge < -0.3 is 26.4 Å². The number of ether oxygens (including phenoxy) is 1. The van der Waals surface area contributed by atoms with Crippen molar-refractivity contribution in [2.75, 3.05) is 30.3 Å². The van der Waals surface area contributed by atoms with Gasteiger partial charge in [-0.25, -0.2) is 4.79 Å². The van der Waals surface area contributed by atoms with Crippen LogP contribution in [0.5, 0.6) is 0 Å². The molecule has 1 aliphatic carbocycles. The molecule has 7 heteroatoms. The van der Waals surface area contributed by atoms with Crippen molar-refractivity contribution in [2.24, 2.45) is 11.1 Å². The molecule has 0 aromatic heterocycles. The second-order valence-corrected chi connectivity index (χ2v) is 8.04. The van der Waals surface area contributed by atoms with E-state index in [2.05, 4.69) is 16.0 Å². The molecule has 0 radical (unpaired) electrons. The number of hydrogen-bond acceptors (Lipinski definition) is 4. The van der Waals surface area contributed by atoms with E-state index in [0.717, 1.165) is 50.8 Å². The lowest BCUT2D eigenvalue weighted by Crippen LogP contribution is -2.36. The highest BCUT2D eigenvalue weighted by atomic mass is 16.5. The van der Waals surface area contributed by atoms with Crippen LogP contribution >= 0.6 is 0 Å². The van der Waals surface area contributed by atoms with Crippen LogP contribution in [0.1, 0.15) is 51.4 Å². The van der Waals surface area contributed by atoms with Gasteiger partial charge in [-0.15, -0.1) is 0 Å². The fourth-order valence-electron chi connectivity index (χ4n) is 4.12. The van der Waals surface area contributed by atoms with E-state index in [9.17, 15) is 9.59 Å². The molecule has 2 fully saturated rings. The Kier molecular flexibility index (Phi) is 7.28. The summed E-state index contributed by atoms with van der Waals surface area (Å²) in [5.74, 6) is 0.00219. The molecule has 1 unspecified atom stereocenters. The van der Waals surface area contributed by atoms with Crippen molar-refractivity contribution in [3.8, 4) is 0 Å². The molecule has 0 spiro atoms. The van der Waals surface area contributed by atoms with Crippen LogP contribution in [0.4, 0.5) is 16.2 Å². The number of nitrogens with two attached hydrogens (primary N) is 1. The summed E-state index contributed by atoms with van der Waals surface area (Å²) >= 11 is 0. The van der Waals surface area contributed by atoms with Crippen LogP contribution < -0.4 is 21.7 Å². The number of carbonyl (C=O) groups excluding carboxylic acids is 2. The second-order valence-electron chi connectivity index (χ2n) is 8.04. The topological polar surface area (TPSA) is 105 Å². The SMILES string of the molecule is NCC1(CC(=O)Nc2ccc(NC(=O)NCC3CCCO3)cc2)CCCCC1. The maximum Gasteiger partial charge on any atom is 0.319 e. The van der Waals surface area contributed by atoms with E-state index in [1.54, 1.807) is 24.3 Å². The number of nitrogens with one attached hydrogen (secondary N) is 3. The lowest BCUT2D eigenvalue weighted by atomic mass is 9.71. The highest BCUT2D eigenvalue weighted by Gasteiger charge is 2.32. The van der Waals surface area contributed by atoms with Crippen molar-refractivity contribution >= 4 is 23.3 Å². The first-order valence-electron chi connectivity index (χ1n) is 10.4. The van der Waals surface area contributed by atoms with Gasteiger partial charge in [-0.2, -0.15) is 0 Å². The number of rotatable bonds is 7. The number of urea groups is 1. The summed E-state index contributed by atoms with van der Waals surface area (Å²) in [5, 5.41) is 8.56. The van der Waals surface area contributed by atoms with Gasteiger partial charge in [0.1, 0.15) is 0 Å². The normalized spacial score (nSPS) is 21.1. The van der Waals surface area contributed by atoms with E-state index >= 15 is 0 Å². The van der Waals surface area contributed by atoms with Gasteiger partial charge in [-0.05, 0) is 61.9 Å². The summed E-state index contributed by atoms with van der Waals surface area (Å²) in [5.41, 5.74) is 7.32. The Morgan fingerprint density at radius 2 is 1.71 bits per heavy atom. The smallest absolute Gasteiger partial charge is 0.319 e. The van der Waals surface area contributed by atoms with E-state index in [1.807, 2.05) is 0 Å². The number of carbonyl (C=O) groups is 2. The Labute approximate surface area is 166 Å². The highest BCUT2D eigenvalue weighted by molar-refractivity contribution is 5.92. The zero-order chi connectivity index (χ0) is 19.8. The molecule has 2 aliphatic rings. The van der Waals surface area contributed by atoms with Gasteiger partial charge in [0.15, 0.2) is 0 Å². The quantitative estimate of drug-likeness (QED) is 0.575. The van der Waals surface area contributed by atoms with Gasteiger partial charge in [0.25, 0.3) is 0 Å². The fourth-order valence-corrected chi connectivity index (χ4v) is 4.12. The van der Waals surface area contributed by atoms with E-state index in [1.165, 1.54) is 6.42 Å². The first-order valence-corrected chi connectivity index (χ1v) is 10.4. The zero-order valence-electron chi connectivity index (χ0n) is 16.5. The van der Waals surface area contributed by atoms with Crippen molar-refractivity contribution in [1.82, 2.24) is 5.32 Å². The summed E-state index contributed by atoms with van der Waals surface area (Å²) in [6.07, 6.45) is 8.22. The molecule has 0 bridgehead atoms. The van der Waals surface area contributed by atoms with E-state index in [-0.39, 0.29) is 23.5 Å². The van der Waals surface area contributed by atoms with Crippen LogP contribution in [0.15, 0.2) is 24.3 Å². The molecule has 154 valence electrons.